The number of hydrogen-bond donors (Lipinski definition) is 2. The van der Waals surface area contributed by atoms with Gasteiger partial charge in [-0.05, 0) is 37.8 Å². The van der Waals surface area contributed by atoms with Gasteiger partial charge in [-0.2, -0.15) is 4.98 Å². The average Bonchev–Trinajstić information content (AvgIpc) is 3.15. The highest BCUT2D eigenvalue weighted by Gasteiger charge is 2.22. The molecule has 1 saturated heterocycles. The van der Waals surface area contributed by atoms with Crippen molar-refractivity contribution < 1.29 is 0 Å². The van der Waals surface area contributed by atoms with E-state index in [0.717, 1.165) is 54.7 Å². The lowest BCUT2D eigenvalue weighted by Crippen LogP contribution is -2.41. The zero-order valence-corrected chi connectivity index (χ0v) is 12.6. The topological polar surface area (TPSA) is 82.6 Å². The van der Waals surface area contributed by atoms with Gasteiger partial charge >= 0.3 is 0 Å². The first-order valence-corrected chi connectivity index (χ1v) is 7.75. The van der Waals surface area contributed by atoms with Gasteiger partial charge in [-0.15, -0.1) is 10.2 Å². The van der Waals surface area contributed by atoms with Crippen LogP contribution in [0.1, 0.15) is 25.5 Å². The van der Waals surface area contributed by atoms with E-state index in [1.807, 2.05) is 7.05 Å². The highest BCUT2D eigenvalue weighted by atomic mass is 32.1. The highest BCUT2D eigenvalue weighted by molar-refractivity contribution is 7.09. The average molecular weight is 293 g/mol. The summed E-state index contributed by atoms with van der Waals surface area (Å²) < 4.78 is 3.99. The van der Waals surface area contributed by atoms with Crippen LogP contribution in [0.5, 0.6) is 0 Å². The molecule has 3 heterocycles. The first kappa shape index (κ1) is 13.4. The second-order valence-corrected chi connectivity index (χ2v) is 5.69. The smallest absolute Gasteiger partial charge is 0.245 e. The molecular weight excluding hydrogens is 274 g/mol. The van der Waals surface area contributed by atoms with Gasteiger partial charge in [0.15, 0.2) is 5.82 Å². The minimum atomic E-state index is 0.613. The van der Waals surface area contributed by atoms with Crippen LogP contribution in [0.4, 0.5) is 5.95 Å². The summed E-state index contributed by atoms with van der Waals surface area (Å²) in [4.78, 5) is 7.83. The predicted octanol–water partition coefficient (Wildman–Crippen LogP) is 1.07. The summed E-state index contributed by atoms with van der Waals surface area (Å²) in [7, 11) is 2.02. The van der Waals surface area contributed by atoms with E-state index in [-0.39, 0.29) is 0 Å². The number of nitrogens with zero attached hydrogens (tertiary/aromatic N) is 5. The predicted molar refractivity (Wildman–Crippen MR) is 79.0 cm³/mol. The van der Waals surface area contributed by atoms with E-state index in [9.17, 15) is 0 Å². The first-order valence-electron chi connectivity index (χ1n) is 6.98. The van der Waals surface area contributed by atoms with E-state index in [1.165, 1.54) is 11.5 Å². The number of aryl methyl sites for hydroxylation is 1. The van der Waals surface area contributed by atoms with Gasteiger partial charge in [-0.3, -0.25) is 5.10 Å². The molecule has 8 heteroatoms. The van der Waals surface area contributed by atoms with Gasteiger partial charge in [0.05, 0.1) is 5.69 Å². The number of anilines is 1. The van der Waals surface area contributed by atoms with Crippen molar-refractivity contribution in [3.63, 3.8) is 0 Å². The molecule has 0 unspecified atom stereocenters. The second kappa shape index (κ2) is 5.84. The van der Waals surface area contributed by atoms with E-state index in [0.29, 0.717) is 6.04 Å². The Morgan fingerprint density at radius 2 is 2.20 bits per heavy atom. The Kier molecular flexibility index (Phi) is 3.93. The summed E-state index contributed by atoms with van der Waals surface area (Å²) in [6.07, 6.45) is 3.11. The number of hydrogen-bond acceptors (Lipinski definition) is 7. The molecule has 20 heavy (non-hydrogen) atoms. The Hall–Kier alpha value is -1.54. The van der Waals surface area contributed by atoms with E-state index in [4.69, 9.17) is 0 Å². The lowest BCUT2D eigenvalue weighted by molar-refractivity contribution is 0.439. The molecule has 108 valence electrons. The molecule has 0 spiro atoms. The van der Waals surface area contributed by atoms with Crippen LogP contribution in [0.3, 0.4) is 0 Å². The first-order chi connectivity index (χ1) is 9.81. The number of H-pyrrole nitrogens is 1. The van der Waals surface area contributed by atoms with Gasteiger partial charge in [0, 0.05) is 19.1 Å². The van der Waals surface area contributed by atoms with Gasteiger partial charge in [0.25, 0.3) is 0 Å². The van der Waals surface area contributed by atoms with Crippen LogP contribution < -0.4 is 10.2 Å². The summed E-state index contributed by atoms with van der Waals surface area (Å²) in [5.74, 6) is 1.56. The van der Waals surface area contributed by atoms with Crippen LogP contribution in [-0.4, -0.2) is 50.9 Å². The Bertz CT molecular complexity index is 556. The van der Waals surface area contributed by atoms with Crippen molar-refractivity contribution >= 4 is 17.5 Å². The van der Waals surface area contributed by atoms with Gasteiger partial charge in [-0.25, -0.2) is 0 Å². The molecule has 0 atom stereocenters. The molecule has 0 saturated carbocycles. The molecule has 0 bridgehead atoms. The fourth-order valence-corrected chi connectivity index (χ4v) is 3.17. The van der Waals surface area contributed by atoms with Crippen molar-refractivity contribution in [1.82, 2.24) is 30.1 Å². The lowest BCUT2D eigenvalue weighted by Gasteiger charge is -2.30. The van der Waals surface area contributed by atoms with E-state index >= 15 is 0 Å². The quantitative estimate of drug-likeness (QED) is 0.877. The molecule has 2 N–H and O–H groups in total. The van der Waals surface area contributed by atoms with Crippen molar-refractivity contribution in [1.29, 1.82) is 0 Å². The van der Waals surface area contributed by atoms with Crippen LogP contribution in [0, 0.1) is 0 Å². The summed E-state index contributed by atoms with van der Waals surface area (Å²) in [5.41, 5.74) is 0.978. The zero-order chi connectivity index (χ0) is 13.9. The Balaban J connectivity index is 1.74. The van der Waals surface area contributed by atoms with Crippen molar-refractivity contribution in [3.05, 3.63) is 5.69 Å². The number of nitrogens with one attached hydrogen (secondary N) is 2. The minimum Gasteiger partial charge on any atom is -0.339 e. The molecule has 0 radical (unpaired) electrons. The molecule has 1 aliphatic heterocycles. The third-order valence-electron chi connectivity index (χ3n) is 3.77. The third kappa shape index (κ3) is 2.53. The van der Waals surface area contributed by atoms with Crippen molar-refractivity contribution in [2.24, 2.45) is 0 Å². The second-order valence-electron chi connectivity index (χ2n) is 4.94. The summed E-state index contributed by atoms with van der Waals surface area (Å²) in [6.45, 7) is 4.05. The molecule has 0 aliphatic carbocycles. The molecule has 0 aromatic carbocycles. The van der Waals surface area contributed by atoms with Gasteiger partial charge in [0.2, 0.25) is 5.95 Å². The summed E-state index contributed by atoms with van der Waals surface area (Å²) in [5, 5.41) is 14.8. The lowest BCUT2D eigenvalue weighted by atomic mass is 10.1. The third-order valence-corrected chi connectivity index (χ3v) is 4.54. The van der Waals surface area contributed by atoms with Crippen LogP contribution in [0.2, 0.25) is 0 Å². The largest absolute Gasteiger partial charge is 0.339 e. The number of rotatable bonds is 4. The van der Waals surface area contributed by atoms with Crippen LogP contribution in [0.15, 0.2) is 0 Å². The van der Waals surface area contributed by atoms with Crippen molar-refractivity contribution in [3.8, 4) is 10.7 Å². The molecule has 3 rings (SSSR count). The van der Waals surface area contributed by atoms with Crippen LogP contribution in [0.25, 0.3) is 10.7 Å². The van der Waals surface area contributed by atoms with Crippen molar-refractivity contribution in [2.45, 2.75) is 32.2 Å². The molecule has 1 fully saturated rings. The minimum absolute atomic E-state index is 0.613. The number of aromatic amines is 1. The maximum atomic E-state index is 4.61. The van der Waals surface area contributed by atoms with Gasteiger partial charge in [0.1, 0.15) is 4.88 Å². The van der Waals surface area contributed by atoms with Crippen LogP contribution >= 0.6 is 11.5 Å². The van der Waals surface area contributed by atoms with E-state index in [2.05, 4.69) is 41.9 Å². The zero-order valence-electron chi connectivity index (χ0n) is 11.8. The standard InChI is InChI=1S/C12H19N7S/c1-3-9-10(20-18-15-9)11-14-12(17-16-11)19-6-4-8(13-2)5-7-19/h8,13H,3-7H2,1-2H3,(H,14,16,17). The van der Waals surface area contributed by atoms with E-state index < -0.39 is 0 Å². The fourth-order valence-electron chi connectivity index (χ4n) is 2.48. The molecule has 1 aliphatic rings. The molecule has 7 nitrogen and oxygen atoms in total. The maximum absolute atomic E-state index is 4.61. The number of piperidine rings is 1. The van der Waals surface area contributed by atoms with E-state index in [1.54, 1.807) is 0 Å². The Labute approximate surface area is 122 Å². The Morgan fingerprint density at radius 3 is 2.90 bits per heavy atom. The van der Waals surface area contributed by atoms with Crippen molar-refractivity contribution in [2.75, 3.05) is 25.0 Å². The monoisotopic (exact) mass is 293 g/mol. The SMILES string of the molecule is CCc1nnsc1-c1nc(N2CCC(NC)CC2)n[nH]1. The molecule has 0 amide bonds. The maximum Gasteiger partial charge on any atom is 0.245 e. The summed E-state index contributed by atoms with van der Waals surface area (Å²) in [6, 6.07) is 0.613. The molecule has 2 aromatic rings. The van der Waals surface area contributed by atoms with Gasteiger partial charge in [-0.1, -0.05) is 11.4 Å². The summed E-state index contributed by atoms with van der Waals surface area (Å²) >= 11 is 1.37. The van der Waals surface area contributed by atoms with Gasteiger partial charge < -0.3 is 10.2 Å². The fraction of sp³-hybridized carbons (Fsp3) is 0.667. The molecular formula is C12H19N7S. The Morgan fingerprint density at radius 1 is 1.40 bits per heavy atom. The molecule has 2 aromatic heterocycles. The van der Waals surface area contributed by atoms with Crippen LogP contribution in [-0.2, 0) is 6.42 Å². The number of aromatic nitrogens is 5. The normalized spacial score (nSPS) is 16.8. The highest BCUT2D eigenvalue weighted by Crippen LogP contribution is 2.25.